The molecule has 2 aromatic rings. The van der Waals surface area contributed by atoms with E-state index in [1.54, 1.807) is 29.2 Å². The van der Waals surface area contributed by atoms with Gasteiger partial charge in [0.1, 0.15) is 4.90 Å². The number of rotatable bonds is 3. The number of halogens is 1. The second kappa shape index (κ2) is 7.15. The molecule has 1 amide bonds. The fraction of sp³-hybridized carbons (Fsp3) is 0.278. The SMILES string of the molecule is Cc1ccc(S(=O)(=O)N2CCN(C(=O)c3ccccc3)CC2)c(Cl)c1. The Kier molecular flexibility index (Phi) is 5.13. The van der Waals surface area contributed by atoms with Crippen LogP contribution in [-0.4, -0.2) is 49.7 Å². The van der Waals surface area contributed by atoms with E-state index in [4.69, 9.17) is 11.6 Å². The van der Waals surface area contributed by atoms with Crippen molar-refractivity contribution in [2.24, 2.45) is 0 Å². The van der Waals surface area contributed by atoms with Gasteiger partial charge in [0.05, 0.1) is 5.02 Å². The van der Waals surface area contributed by atoms with Crippen LogP contribution < -0.4 is 0 Å². The van der Waals surface area contributed by atoms with E-state index in [1.807, 2.05) is 25.1 Å². The monoisotopic (exact) mass is 378 g/mol. The first-order valence-electron chi connectivity index (χ1n) is 8.00. The van der Waals surface area contributed by atoms with Gasteiger partial charge >= 0.3 is 0 Å². The summed E-state index contributed by atoms with van der Waals surface area (Å²) < 4.78 is 27.0. The third-order valence-corrected chi connectivity index (χ3v) is 6.63. The van der Waals surface area contributed by atoms with Gasteiger partial charge in [-0.2, -0.15) is 4.31 Å². The lowest BCUT2D eigenvalue weighted by molar-refractivity contribution is 0.0698. The number of hydrogen-bond acceptors (Lipinski definition) is 3. The molecule has 1 fully saturated rings. The van der Waals surface area contributed by atoms with Crippen LogP contribution in [0.2, 0.25) is 5.02 Å². The smallest absolute Gasteiger partial charge is 0.253 e. The summed E-state index contributed by atoms with van der Waals surface area (Å²) >= 11 is 6.12. The predicted molar refractivity (Wildman–Crippen MR) is 97.3 cm³/mol. The zero-order chi connectivity index (χ0) is 18.0. The van der Waals surface area contributed by atoms with Gasteiger partial charge in [0.15, 0.2) is 0 Å². The Balaban J connectivity index is 1.72. The molecule has 0 bridgehead atoms. The minimum Gasteiger partial charge on any atom is -0.336 e. The highest BCUT2D eigenvalue weighted by molar-refractivity contribution is 7.89. The van der Waals surface area contributed by atoms with Gasteiger partial charge in [-0.25, -0.2) is 8.42 Å². The summed E-state index contributed by atoms with van der Waals surface area (Å²) in [6.07, 6.45) is 0. The summed E-state index contributed by atoms with van der Waals surface area (Å²) in [5.74, 6) is -0.0778. The van der Waals surface area contributed by atoms with Crippen LogP contribution in [0.3, 0.4) is 0 Å². The summed E-state index contributed by atoms with van der Waals surface area (Å²) in [6.45, 7) is 3.08. The van der Waals surface area contributed by atoms with Gasteiger partial charge in [0.25, 0.3) is 5.91 Å². The van der Waals surface area contributed by atoms with Gasteiger partial charge in [-0.15, -0.1) is 0 Å². The van der Waals surface area contributed by atoms with Crippen molar-refractivity contribution in [3.8, 4) is 0 Å². The molecule has 0 N–H and O–H groups in total. The number of hydrogen-bond donors (Lipinski definition) is 0. The van der Waals surface area contributed by atoms with Gasteiger partial charge in [-0.3, -0.25) is 4.79 Å². The molecule has 1 saturated heterocycles. The average molecular weight is 379 g/mol. The molecule has 3 rings (SSSR count). The molecule has 0 aromatic heterocycles. The van der Waals surface area contributed by atoms with Crippen molar-refractivity contribution in [3.63, 3.8) is 0 Å². The van der Waals surface area contributed by atoms with Crippen LogP contribution in [-0.2, 0) is 10.0 Å². The van der Waals surface area contributed by atoms with E-state index in [0.717, 1.165) is 5.56 Å². The maximum absolute atomic E-state index is 12.8. The normalized spacial score (nSPS) is 16.0. The Bertz CT molecular complexity index is 876. The number of carbonyl (C=O) groups excluding carboxylic acids is 1. The van der Waals surface area contributed by atoms with Crippen molar-refractivity contribution in [2.75, 3.05) is 26.2 Å². The van der Waals surface area contributed by atoms with Crippen LogP contribution in [0.4, 0.5) is 0 Å². The molecule has 0 saturated carbocycles. The van der Waals surface area contributed by atoms with E-state index in [-0.39, 0.29) is 28.9 Å². The summed E-state index contributed by atoms with van der Waals surface area (Å²) in [7, 11) is -3.66. The van der Waals surface area contributed by atoms with Crippen LogP contribution in [0.25, 0.3) is 0 Å². The predicted octanol–water partition coefficient (Wildman–Crippen LogP) is 2.80. The van der Waals surface area contributed by atoms with Gasteiger partial charge in [0.2, 0.25) is 10.0 Å². The first-order chi connectivity index (χ1) is 11.9. The van der Waals surface area contributed by atoms with Gasteiger partial charge in [-0.1, -0.05) is 35.9 Å². The van der Waals surface area contributed by atoms with E-state index in [2.05, 4.69) is 0 Å². The number of piperazine rings is 1. The number of aryl methyl sites for hydroxylation is 1. The average Bonchev–Trinajstić information content (AvgIpc) is 2.61. The highest BCUT2D eigenvalue weighted by atomic mass is 35.5. The minimum atomic E-state index is -3.66. The fourth-order valence-corrected chi connectivity index (χ4v) is 4.84. The Morgan fingerprint density at radius 1 is 1.00 bits per heavy atom. The van der Waals surface area contributed by atoms with Crippen LogP contribution in [0.1, 0.15) is 15.9 Å². The molecule has 1 aliphatic rings. The van der Waals surface area contributed by atoms with E-state index in [9.17, 15) is 13.2 Å². The number of carbonyl (C=O) groups is 1. The molecule has 1 heterocycles. The van der Waals surface area contributed by atoms with Gasteiger partial charge < -0.3 is 4.90 Å². The Hall–Kier alpha value is -1.89. The molecule has 0 unspecified atom stereocenters. The highest BCUT2D eigenvalue weighted by Gasteiger charge is 2.31. The zero-order valence-corrected chi connectivity index (χ0v) is 15.4. The summed E-state index contributed by atoms with van der Waals surface area (Å²) in [5, 5.41) is 0.225. The minimum absolute atomic E-state index is 0.0778. The molecular formula is C18H19ClN2O3S. The lowest BCUT2D eigenvalue weighted by Crippen LogP contribution is -2.50. The standard InChI is InChI=1S/C18H19ClN2O3S/c1-14-7-8-17(16(19)13-14)25(23,24)21-11-9-20(10-12-21)18(22)15-5-3-2-4-6-15/h2-8,13H,9-12H2,1H3. The van der Waals surface area contributed by atoms with E-state index >= 15 is 0 Å². The molecule has 2 aromatic carbocycles. The topological polar surface area (TPSA) is 57.7 Å². The van der Waals surface area contributed by atoms with E-state index in [0.29, 0.717) is 18.7 Å². The lowest BCUT2D eigenvalue weighted by atomic mass is 10.2. The summed E-state index contributed by atoms with van der Waals surface area (Å²) in [5.41, 5.74) is 1.52. The van der Waals surface area contributed by atoms with Crippen molar-refractivity contribution >= 4 is 27.5 Å². The molecule has 0 aliphatic carbocycles. The van der Waals surface area contributed by atoms with Crippen LogP contribution in [0, 0.1) is 6.92 Å². The molecule has 5 nitrogen and oxygen atoms in total. The van der Waals surface area contributed by atoms with E-state index in [1.165, 1.54) is 10.4 Å². The summed E-state index contributed by atoms with van der Waals surface area (Å²) in [6, 6.07) is 13.9. The maximum atomic E-state index is 12.8. The largest absolute Gasteiger partial charge is 0.336 e. The number of nitrogens with zero attached hydrogens (tertiary/aromatic N) is 2. The van der Waals surface area contributed by atoms with Crippen molar-refractivity contribution in [1.29, 1.82) is 0 Å². The molecule has 0 radical (unpaired) electrons. The molecular weight excluding hydrogens is 360 g/mol. The van der Waals surface area contributed by atoms with Crippen molar-refractivity contribution < 1.29 is 13.2 Å². The van der Waals surface area contributed by atoms with Gasteiger partial charge in [-0.05, 0) is 36.8 Å². The van der Waals surface area contributed by atoms with Crippen molar-refractivity contribution in [1.82, 2.24) is 9.21 Å². The molecule has 7 heteroatoms. The fourth-order valence-electron chi connectivity index (χ4n) is 2.85. The van der Waals surface area contributed by atoms with Crippen LogP contribution in [0.5, 0.6) is 0 Å². The van der Waals surface area contributed by atoms with Crippen LogP contribution >= 0.6 is 11.6 Å². The van der Waals surface area contributed by atoms with Crippen molar-refractivity contribution in [3.05, 3.63) is 64.7 Å². The van der Waals surface area contributed by atoms with Crippen molar-refractivity contribution in [2.45, 2.75) is 11.8 Å². The lowest BCUT2D eigenvalue weighted by Gasteiger charge is -2.34. The number of benzene rings is 2. The maximum Gasteiger partial charge on any atom is 0.253 e. The Morgan fingerprint density at radius 2 is 1.64 bits per heavy atom. The molecule has 132 valence electrons. The Labute approximate surface area is 152 Å². The van der Waals surface area contributed by atoms with E-state index < -0.39 is 10.0 Å². The number of sulfonamides is 1. The third kappa shape index (κ3) is 3.71. The Morgan fingerprint density at radius 3 is 2.24 bits per heavy atom. The highest BCUT2D eigenvalue weighted by Crippen LogP contribution is 2.26. The second-order valence-corrected chi connectivity index (χ2v) is 8.31. The second-order valence-electron chi connectivity index (χ2n) is 6.00. The number of amides is 1. The first kappa shape index (κ1) is 17.9. The first-order valence-corrected chi connectivity index (χ1v) is 9.82. The summed E-state index contributed by atoms with van der Waals surface area (Å²) in [4.78, 5) is 14.2. The van der Waals surface area contributed by atoms with Crippen LogP contribution in [0.15, 0.2) is 53.4 Å². The third-order valence-electron chi connectivity index (χ3n) is 4.25. The quantitative estimate of drug-likeness (QED) is 0.825. The van der Waals surface area contributed by atoms with Gasteiger partial charge in [0, 0.05) is 31.7 Å². The molecule has 1 aliphatic heterocycles. The molecule has 25 heavy (non-hydrogen) atoms. The molecule has 0 spiro atoms. The molecule has 0 atom stereocenters. The zero-order valence-electron chi connectivity index (χ0n) is 13.9.